The molecule has 1 aromatic carbocycles. The fourth-order valence-corrected chi connectivity index (χ4v) is 1.49. The van der Waals surface area contributed by atoms with Crippen LogP contribution in [0.4, 0.5) is 0 Å². The Morgan fingerprint density at radius 2 is 1.65 bits per heavy atom. The molecular weight excluding hydrogens is 256 g/mol. The Morgan fingerprint density at radius 1 is 1.05 bits per heavy atom. The molecule has 0 bridgehead atoms. The normalized spacial score (nSPS) is 10.8. The first-order valence-corrected chi connectivity index (χ1v) is 6.82. The second-order valence-electron chi connectivity index (χ2n) is 4.87. The van der Waals surface area contributed by atoms with Gasteiger partial charge in [-0.05, 0) is 30.2 Å². The van der Waals surface area contributed by atoms with Gasteiger partial charge in [0.05, 0.1) is 19.8 Å². The molecule has 1 rings (SSSR count). The number of amidine groups is 1. The molecule has 0 aliphatic heterocycles. The SMILES string of the molecule is CC(C)COCCOCCOc1ccc(C(=N)N)cc1. The van der Waals surface area contributed by atoms with Crippen molar-refractivity contribution in [2.24, 2.45) is 11.7 Å². The fourth-order valence-electron chi connectivity index (χ4n) is 1.49. The molecule has 0 amide bonds. The largest absolute Gasteiger partial charge is 0.491 e. The maximum absolute atomic E-state index is 7.29. The number of rotatable bonds is 10. The summed E-state index contributed by atoms with van der Waals surface area (Å²) in [5.41, 5.74) is 6.06. The van der Waals surface area contributed by atoms with E-state index >= 15 is 0 Å². The van der Waals surface area contributed by atoms with Gasteiger partial charge in [-0.15, -0.1) is 0 Å². The molecule has 0 aromatic heterocycles. The second kappa shape index (κ2) is 9.34. The van der Waals surface area contributed by atoms with Gasteiger partial charge in [0.1, 0.15) is 18.2 Å². The summed E-state index contributed by atoms with van der Waals surface area (Å²) >= 11 is 0. The highest BCUT2D eigenvalue weighted by Gasteiger charge is 1.98. The average Bonchev–Trinajstić information content (AvgIpc) is 2.42. The van der Waals surface area contributed by atoms with E-state index < -0.39 is 0 Å². The third-order valence-corrected chi connectivity index (χ3v) is 2.48. The number of benzene rings is 1. The molecule has 0 atom stereocenters. The first kappa shape index (κ1) is 16.5. The van der Waals surface area contributed by atoms with Crippen LogP contribution in [0.1, 0.15) is 19.4 Å². The van der Waals surface area contributed by atoms with E-state index in [0.29, 0.717) is 37.9 Å². The predicted molar refractivity (Wildman–Crippen MR) is 79.4 cm³/mol. The number of ether oxygens (including phenoxy) is 3. The summed E-state index contributed by atoms with van der Waals surface area (Å²) in [4.78, 5) is 0. The van der Waals surface area contributed by atoms with Crippen LogP contribution < -0.4 is 10.5 Å². The summed E-state index contributed by atoms with van der Waals surface area (Å²) in [6.07, 6.45) is 0. The van der Waals surface area contributed by atoms with E-state index in [9.17, 15) is 0 Å². The summed E-state index contributed by atoms with van der Waals surface area (Å²) < 4.78 is 16.3. The van der Waals surface area contributed by atoms with Gasteiger partial charge >= 0.3 is 0 Å². The Labute approximate surface area is 120 Å². The zero-order valence-electron chi connectivity index (χ0n) is 12.2. The average molecular weight is 280 g/mol. The highest BCUT2D eigenvalue weighted by molar-refractivity contribution is 5.94. The number of nitrogens with one attached hydrogen (secondary N) is 1. The fraction of sp³-hybridized carbons (Fsp3) is 0.533. The summed E-state index contributed by atoms with van der Waals surface area (Å²) in [7, 11) is 0. The molecule has 0 fully saturated rings. The van der Waals surface area contributed by atoms with Gasteiger partial charge in [0.2, 0.25) is 0 Å². The molecule has 0 spiro atoms. The number of hydrogen-bond donors (Lipinski definition) is 2. The summed E-state index contributed by atoms with van der Waals surface area (Å²) in [5.74, 6) is 1.35. The van der Waals surface area contributed by atoms with Crippen LogP contribution in [0.15, 0.2) is 24.3 Å². The van der Waals surface area contributed by atoms with Crippen LogP contribution in [0, 0.1) is 11.3 Å². The van der Waals surface area contributed by atoms with E-state index in [1.165, 1.54) is 0 Å². The molecule has 20 heavy (non-hydrogen) atoms. The molecule has 0 saturated heterocycles. The van der Waals surface area contributed by atoms with Gasteiger partial charge in [-0.1, -0.05) is 13.8 Å². The van der Waals surface area contributed by atoms with E-state index in [-0.39, 0.29) is 5.84 Å². The van der Waals surface area contributed by atoms with E-state index in [0.717, 1.165) is 12.4 Å². The molecule has 0 unspecified atom stereocenters. The van der Waals surface area contributed by atoms with Crippen LogP contribution >= 0.6 is 0 Å². The van der Waals surface area contributed by atoms with Crippen LogP contribution in [0.5, 0.6) is 5.75 Å². The number of nitrogens with two attached hydrogens (primary N) is 1. The minimum Gasteiger partial charge on any atom is -0.491 e. The lowest BCUT2D eigenvalue weighted by molar-refractivity contribution is 0.0282. The van der Waals surface area contributed by atoms with Crippen molar-refractivity contribution >= 4 is 5.84 Å². The Bertz CT molecular complexity index is 391. The summed E-state index contributed by atoms with van der Waals surface area (Å²) in [6.45, 7) is 7.22. The van der Waals surface area contributed by atoms with Crippen molar-refractivity contribution in [3.05, 3.63) is 29.8 Å². The molecule has 112 valence electrons. The van der Waals surface area contributed by atoms with Gasteiger partial charge in [-0.3, -0.25) is 5.41 Å². The molecule has 0 aliphatic carbocycles. The molecular formula is C15H24N2O3. The predicted octanol–water partition coefficient (Wildman–Crippen LogP) is 2.04. The quantitative estimate of drug-likeness (QED) is 0.390. The highest BCUT2D eigenvalue weighted by atomic mass is 16.5. The minimum absolute atomic E-state index is 0.0567. The van der Waals surface area contributed by atoms with Gasteiger partial charge in [0, 0.05) is 12.2 Å². The first-order chi connectivity index (χ1) is 9.59. The number of nitrogen functional groups attached to an aromatic ring is 1. The Hall–Kier alpha value is -1.59. The molecule has 3 N–H and O–H groups in total. The smallest absolute Gasteiger partial charge is 0.122 e. The first-order valence-electron chi connectivity index (χ1n) is 6.82. The van der Waals surface area contributed by atoms with Crippen molar-refractivity contribution in [1.82, 2.24) is 0 Å². The van der Waals surface area contributed by atoms with Crippen LogP contribution in [-0.2, 0) is 9.47 Å². The zero-order valence-corrected chi connectivity index (χ0v) is 12.2. The van der Waals surface area contributed by atoms with Crippen LogP contribution in [-0.4, -0.2) is 38.9 Å². The molecule has 0 heterocycles. The van der Waals surface area contributed by atoms with Crippen LogP contribution in [0.25, 0.3) is 0 Å². The van der Waals surface area contributed by atoms with Crippen molar-refractivity contribution < 1.29 is 14.2 Å². The lowest BCUT2D eigenvalue weighted by atomic mass is 10.2. The molecule has 0 aliphatic rings. The van der Waals surface area contributed by atoms with Crippen molar-refractivity contribution in [1.29, 1.82) is 5.41 Å². The van der Waals surface area contributed by atoms with Crippen molar-refractivity contribution in [2.75, 3.05) is 33.0 Å². The zero-order chi connectivity index (χ0) is 14.8. The standard InChI is InChI=1S/C15H24N2O3/c1-12(2)11-19-8-7-18-9-10-20-14-5-3-13(4-6-14)15(16)17/h3-6,12H,7-11H2,1-2H3,(H3,16,17). The Morgan fingerprint density at radius 3 is 2.25 bits per heavy atom. The minimum atomic E-state index is 0.0567. The van der Waals surface area contributed by atoms with Gasteiger partial charge in [-0.25, -0.2) is 0 Å². The Balaban J connectivity index is 2.05. The van der Waals surface area contributed by atoms with Gasteiger partial charge < -0.3 is 19.9 Å². The highest BCUT2D eigenvalue weighted by Crippen LogP contribution is 2.11. The third-order valence-electron chi connectivity index (χ3n) is 2.48. The van der Waals surface area contributed by atoms with E-state index in [4.69, 9.17) is 25.4 Å². The third kappa shape index (κ3) is 7.11. The van der Waals surface area contributed by atoms with Crippen LogP contribution in [0.2, 0.25) is 0 Å². The number of hydrogen-bond acceptors (Lipinski definition) is 4. The van der Waals surface area contributed by atoms with Crippen molar-refractivity contribution in [2.45, 2.75) is 13.8 Å². The molecule has 0 radical (unpaired) electrons. The van der Waals surface area contributed by atoms with Crippen molar-refractivity contribution in [3.63, 3.8) is 0 Å². The second-order valence-corrected chi connectivity index (χ2v) is 4.87. The van der Waals surface area contributed by atoms with Gasteiger partial charge in [0.15, 0.2) is 0 Å². The van der Waals surface area contributed by atoms with Gasteiger partial charge in [-0.2, -0.15) is 0 Å². The lowest BCUT2D eigenvalue weighted by Gasteiger charge is -2.09. The molecule has 5 nitrogen and oxygen atoms in total. The summed E-state index contributed by atoms with van der Waals surface area (Å²) in [5, 5.41) is 7.29. The Kier molecular flexibility index (Phi) is 7.69. The van der Waals surface area contributed by atoms with E-state index in [2.05, 4.69) is 13.8 Å². The lowest BCUT2D eigenvalue weighted by Crippen LogP contribution is -2.13. The van der Waals surface area contributed by atoms with E-state index in [1.807, 2.05) is 0 Å². The summed E-state index contributed by atoms with van der Waals surface area (Å²) in [6, 6.07) is 7.11. The van der Waals surface area contributed by atoms with Crippen LogP contribution in [0.3, 0.4) is 0 Å². The monoisotopic (exact) mass is 280 g/mol. The molecule has 5 heteroatoms. The van der Waals surface area contributed by atoms with Gasteiger partial charge in [0.25, 0.3) is 0 Å². The van der Waals surface area contributed by atoms with E-state index in [1.54, 1.807) is 24.3 Å². The maximum atomic E-state index is 7.29. The topological polar surface area (TPSA) is 77.6 Å². The maximum Gasteiger partial charge on any atom is 0.122 e. The van der Waals surface area contributed by atoms with Crippen molar-refractivity contribution in [3.8, 4) is 5.75 Å². The molecule has 1 aromatic rings. The molecule has 0 saturated carbocycles.